The molecule has 7 nitrogen and oxygen atoms in total. The topological polar surface area (TPSA) is 79.6 Å². The Bertz CT molecular complexity index is 954. The van der Waals surface area contributed by atoms with Crippen LogP contribution in [0.2, 0.25) is 0 Å². The van der Waals surface area contributed by atoms with Crippen molar-refractivity contribution in [1.82, 2.24) is 24.8 Å². The molecule has 0 spiro atoms. The van der Waals surface area contributed by atoms with Gasteiger partial charge in [-0.2, -0.15) is 18.3 Å². The third-order valence-electron chi connectivity index (χ3n) is 5.17. The summed E-state index contributed by atoms with van der Waals surface area (Å²) in [4.78, 5) is 30.2. The van der Waals surface area contributed by atoms with Crippen LogP contribution in [-0.2, 0) is 15.8 Å². The first-order chi connectivity index (χ1) is 14.0. The Morgan fingerprint density at radius 2 is 2.00 bits per heavy atom. The van der Waals surface area contributed by atoms with Crippen molar-refractivity contribution in [2.45, 2.75) is 58.7 Å². The molecule has 2 aromatic heterocycles. The van der Waals surface area contributed by atoms with Crippen LogP contribution in [-0.4, -0.2) is 50.4 Å². The Kier molecular flexibility index (Phi) is 6.05. The number of rotatable bonds is 5. The molecular formula is C20H26F3N5O2. The van der Waals surface area contributed by atoms with Gasteiger partial charge in [-0.15, -0.1) is 0 Å². The number of halogens is 3. The Balaban J connectivity index is 1.81. The first-order valence-corrected chi connectivity index (χ1v) is 9.96. The minimum absolute atomic E-state index is 0.137. The van der Waals surface area contributed by atoms with Crippen LogP contribution in [0.15, 0.2) is 12.1 Å². The predicted molar refractivity (Wildman–Crippen MR) is 104 cm³/mol. The van der Waals surface area contributed by atoms with Gasteiger partial charge in [0, 0.05) is 37.7 Å². The lowest BCUT2D eigenvalue weighted by atomic mass is 10.0. The summed E-state index contributed by atoms with van der Waals surface area (Å²) in [5.41, 5.74) is 0.00744. The van der Waals surface area contributed by atoms with E-state index >= 15 is 0 Å². The van der Waals surface area contributed by atoms with Gasteiger partial charge in [0.25, 0.3) is 0 Å². The van der Waals surface area contributed by atoms with Crippen LogP contribution in [0.1, 0.15) is 56.6 Å². The Hall–Kier alpha value is -2.65. The molecule has 30 heavy (non-hydrogen) atoms. The SMILES string of the molecule is CC(=O)N[C@H](CC(C)C)C(=O)N1CC[C@@H](c2cc3nc(C)cc(C(F)(F)F)n3n2)C1. The summed E-state index contributed by atoms with van der Waals surface area (Å²) in [6.45, 7) is 7.63. The molecule has 1 saturated heterocycles. The second-order valence-electron chi connectivity index (χ2n) is 8.27. The molecule has 10 heteroatoms. The summed E-state index contributed by atoms with van der Waals surface area (Å²) in [6.07, 6.45) is -3.44. The molecule has 0 aliphatic carbocycles. The minimum atomic E-state index is -4.55. The van der Waals surface area contributed by atoms with Crippen molar-refractivity contribution in [2.75, 3.05) is 13.1 Å². The van der Waals surface area contributed by atoms with E-state index < -0.39 is 17.9 Å². The Morgan fingerprint density at radius 3 is 2.60 bits per heavy atom. The smallest absolute Gasteiger partial charge is 0.345 e. The van der Waals surface area contributed by atoms with E-state index in [0.717, 1.165) is 10.6 Å². The fourth-order valence-corrected chi connectivity index (χ4v) is 3.88. The molecule has 0 aromatic carbocycles. The number of nitrogens with one attached hydrogen (secondary N) is 1. The molecule has 1 aliphatic heterocycles. The molecule has 0 bridgehead atoms. The van der Waals surface area contributed by atoms with Crippen LogP contribution in [0, 0.1) is 12.8 Å². The normalized spacial score (nSPS) is 18.3. The highest BCUT2D eigenvalue weighted by Crippen LogP contribution is 2.32. The zero-order valence-electron chi connectivity index (χ0n) is 17.5. The van der Waals surface area contributed by atoms with E-state index in [-0.39, 0.29) is 35.0 Å². The highest BCUT2D eigenvalue weighted by atomic mass is 19.4. The van der Waals surface area contributed by atoms with Crippen LogP contribution in [0.5, 0.6) is 0 Å². The van der Waals surface area contributed by atoms with Crippen LogP contribution < -0.4 is 5.32 Å². The molecular weight excluding hydrogens is 399 g/mol. The van der Waals surface area contributed by atoms with Gasteiger partial charge in [0.2, 0.25) is 11.8 Å². The first kappa shape index (κ1) is 22.0. The molecule has 3 heterocycles. The number of fused-ring (bicyclic) bond motifs is 1. The molecule has 2 amide bonds. The van der Waals surface area contributed by atoms with Gasteiger partial charge >= 0.3 is 6.18 Å². The Morgan fingerprint density at radius 1 is 1.30 bits per heavy atom. The average Bonchev–Trinajstić information content (AvgIpc) is 3.24. The van der Waals surface area contributed by atoms with Gasteiger partial charge in [-0.25, -0.2) is 9.50 Å². The van der Waals surface area contributed by atoms with Crippen molar-refractivity contribution in [1.29, 1.82) is 0 Å². The molecule has 3 rings (SSSR count). The fraction of sp³-hybridized carbons (Fsp3) is 0.600. The molecule has 2 aromatic rings. The van der Waals surface area contributed by atoms with Gasteiger partial charge in [-0.05, 0) is 31.7 Å². The maximum Gasteiger partial charge on any atom is 0.433 e. The van der Waals surface area contributed by atoms with Gasteiger partial charge in [-0.1, -0.05) is 13.8 Å². The van der Waals surface area contributed by atoms with Crippen molar-refractivity contribution in [2.24, 2.45) is 5.92 Å². The lowest BCUT2D eigenvalue weighted by molar-refractivity contribution is -0.142. The highest BCUT2D eigenvalue weighted by molar-refractivity contribution is 5.87. The molecule has 1 aliphatic rings. The van der Waals surface area contributed by atoms with Crippen LogP contribution >= 0.6 is 0 Å². The summed E-state index contributed by atoms with van der Waals surface area (Å²) >= 11 is 0. The molecule has 164 valence electrons. The number of aromatic nitrogens is 3. The molecule has 0 unspecified atom stereocenters. The van der Waals surface area contributed by atoms with Gasteiger partial charge in [-0.3, -0.25) is 9.59 Å². The molecule has 0 radical (unpaired) electrons. The van der Waals surface area contributed by atoms with E-state index in [1.165, 1.54) is 13.8 Å². The summed E-state index contributed by atoms with van der Waals surface area (Å²) in [5, 5.41) is 6.87. The summed E-state index contributed by atoms with van der Waals surface area (Å²) < 4.78 is 40.9. The standard InChI is InChI=1S/C20H26F3N5O2/c1-11(2)7-16(25-13(4)29)19(30)27-6-5-14(10-27)15-9-18-24-12(3)8-17(20(21,22)23)28(18)26-15/h8-9,11,14,16H,5-7,10H2,1-4H3,(H,25,29)/t14-,16-/m1/s1. The first-order valence-electron chi connectivity index (χ1n) is 9.96. The third-order valence-corrected chi connectivity index (χ3v) is 5.17. The molecule has 2 atom stereocenters. The van der Waals surface area contributed by atoms with Crippen molar-refractivity contribution >= 4 is 17.5 Å². The lowest BCUT2D eigenvalue weighted by Crippen LogP contribution is -2.47. The highest BCUT2D eigenvalue weighted by Gasteiger charge is 2.37. The second-order valence-corrected chi connectivity index (χ2v) is 8.27. The van der Waals surface area contributed by atoms with Gasteiger partial charge in [0.1, 0.15) is 11.7 Å². The van der Waals surface area contributed by atoms with E-state index in [1.54, 1.807) is 11.0 Å². The molecule has 1 fully saturated rings. The van der Waals surface area contributed by atoms with Crippen molar-refractivity contribution in [3.63, 3.8) is 0 Å². The second kappa shape index (κ2) is 8.23. The monoisotopic (exact) mass is 425 g/mol. The minimum Gasteiger partial charge on any atom is -0.345 e. The number of nitrogens with zero attached hydrogens (tertiary/aromatic N) is 4. The largest absolute Gasteiger partial charge is 0.433 e. The number of hydrogen-bond donors (Lipinski definition) is 1. The van der Waals surface area contributed by atoms with E-state index in [4.69, 9.17) is 0 Å². The number of carbonyl (C=O) groups is 2. The van der Waals surface area contributed by atoms with Crippen LogP contribution in [0.25, 0.3) is 5.65 Å². The summed E-state index contributed by atoms with van der Waals surface area (Å²) in [5.74, 6) is -0.409. The Labute approximate surface area is 172 Å². The van der Waals surface area contributed by atoms with E-state index in [9.17, 15) is 22.8 Å². The van der Waals surface area contributed by atoms with Crippen LogP contribution in [0.3, 0.4) is 0 Å². The fourth-order valence-electron chi connectivity index (χ4n) is 3.88. The van der Waals surface area contributed by atoms with Crippen molar-refractivity contribution in [3.8, 4) is 0 Å². The summed E-state index contributed by atoms with van der Waals surface area (Å²) in [6, 6.07) is 1.92. The quantitative estimate of drug-likeness (QED) is 0.799. The molecule has 1 N–H and O–H groups in total. The maximum absolute atomic E-state index is 13.4. The number of likely N-dealkylation sites (tertiary alicyclic amines) is 1. The lowest BCUT2D eigenvalue weighted by Gasteiger charge is -2.25. The number of aryl methyl sites for hydroxylation is 1. The van der Waals surface area contributed by atoms with E-state index in [2.05, 4.69) is 15.4 Å². The van der Waals surface area contributed by atoms with Crippen molar-refractivity contribution < 1.29 is 22.8 Å². The van der Waals surface area contributed by atoms with E-state index in [0.29, 0.717) is 31.6 Å². The number of hydrogen-bond acceptors (Lipinski definition) is 4. The van der Waals surface area contributed by atoms with E-state index in [1.807, 2.05) is 13.8 Å². The summed E-state index contributed by atoms with van der Waals surface area (Å²) in [7, 11) is 0. The number of carbonyl (C=O) groups excluding carboxylic acids is 2. The maximum atomic E-state index is 13.4. The zero-order chi connectivity index (χ0) is 22.2. The third kappa shape index (κ3) is 4.73. The van der Waals surface area contributed by atoms with Crippen LogP contribution in [0.4, 0.5) is 13.2 Å². The average molecular weight is 425 g/mol. The van der Waals surface area contributed by atoms with Crippen molar-refractivity contribution in [3.05, 3.63) is 29.2 Å². The zero-order valence-corrected chi connectivity index (χ0v) is 17.5. The predicted octanol–water partition coefficient (Wildman–Crippen LogP) is 2.92. The van der Waals surface area contributed by atoms with Gasteiger partial charge in [0.05, 0.1) is 5.69 Å². The van der Waals surface area contributed by atoms with Gasteiger partial charge < -0.3 is 10.2 Å². The van der Waals surface area contributed by atoms with Gasteiger partial charge in [0.15, 0.2) is 5.65 Å². The number of alkyl halides is 3. The molecule has 0 saturated carbocycles. The number of amides is 2.